The Bertz CT molecular complexity index is 554. The van der Waals surface area contributed by atoms with E-state index < -0.39 is 11.9 Å². The lowest BCUT2D eigenvalue weighted by Gasteiger charge is -2.29. The number of nitrogens with two attached hydrogens (primary N) is 1. The summed E-state index contributed by atoms with van der Waals surface area (Å²) in [6.07, 6.45) is 0.987. The van der Waals surface area contributed by atoms with Crippen LogP contribution in [0.4, 0.5) is 5.95 Å². The third-order valence-electron chi connectivity index (χ3n) is 3.64. The Morgan fingerprint density at radius 1 is 1.52 bits per heavy atom. The number of hydrogen-bond donors (Lipinski definition) is 5. The Kier molecular flexibility index (Phi) is 4.33. The molecule has 118 valence electrons. The van der Waals surface area contributed by atoms with Crippen LogP contribution in [0.5, 0.6) is 0 Å². The lowest BCUT2D eigenvalue weighted by molar-refractivity contribution is -0.216. The minimum absolute atomic E-state index is 0.0531. The highest BCUT2D eigenvalue weighted by molar-refractivity contribution is 5.22. The molecule has 1 aliphatic rings. The first-order valence-corrected chi connectivity index (χ1v) is 6.84. The van der Waals surface area contributed by atoms with E-state index in [1.165, 1.54) is 20.0 Å². The molecule has 6 N–H and O–H groups in total. The third kappa shape index (κ3) is 3.41. The first kappa shape index (κ1) is 15.9. The minimum atomic E-state index is -1.32. The number of ether oxygens (including phenoxy) is 1. The molecular weight excluding hydrogens is 276 g/mol. The van der Waals surface area contributed by atoms with Gasteiger partial charge in [-0.05, 0) is 13.8 Å². The Morgan fingerprint density at radius 3 is 2.71 bits per heavy atom. The normalized spacial score (nSPS) is 29.8. The molecule has 8 heteroatoms. The van der Waals surface area contributed by atoms with Gasteiger partial charge >= 0.3 is 0 Å². The second-order valence-corrected chi connectivity index (χ2v) is 5.87. The van der Waals surface area contributed by atoms with Crippen LogP contribution in [-0.4, -0.2) is 44.7 Å². The molecule has 0 saturated carbocycles. The number of aromatic nitrogens is 2. The van der Waals surface area contributed by atoms with Gasteiger partial charge in [-0.3, -0.25) is 9.78 Å². The molecule has 0 bridgehead atoms. The van der Waals surface area contributed by atoms with Crippen molar-refractivity contribution in [2.24, 2.45) is 5.92 Å². The molecular formula is C13H22N4O4. The first-order chi connectivity index (χ1) is 9.73. The van der Waals surface area contributed by atoms with Crippen LogP contribution in [0.15, 0.2) is 11.0 Å². The second kappa shape index (κ2) is 5.72. The number of hydrogen-bond acceptors (Lipinski definition) is 7. The predicted molar refractivity (Wildman–Crippen MR) is 76.4 cm³/mol. The quantitative estimate of drug-likeness (QED) is 0.455. The van der Waals surface area contributed by atoms with Crippen molar-refractivity contribution in [3.63, 3.8) is 0 Å². The van der Waals surface area contributed by atoms with E-state index in [4.69, 9.17) is 10.5 Å². The highest BCUT2D eigenvalue weighted by atomic mass is 16.6. The van der Waals surface area contributed by atoms with E-state index in [1.54, 1.807) is 0 Å². The molecule has 1 saturated heterocycles. The maximum Gasteiger partial charge on any atom is 0.257 e. The van der Waals surface area contributed by atoms with Crippen molar-refractivity contribution < 1.29 is 14.9 Å². The largest absolute Gasteiger partial charge is 0.395 e. The number of nitrogens with one attached hydrogen (secondary N) is 2. The topological polar surface area (TPSA) is 133 Å². The molecule has 1 aliphatic heterocycles. The highest BCUT2D eigenvalue weighted by Crippen LogP contribution is 2.34. The fourth-order valence-corrected chi connectivity index (χ4v) is 2.73. The van der Waals surface area contributed by atoms with E-state index in [0.29, 0.717) is 5.56 Å². The number of nitrogen functional groups attached to an aromatic ring is 1. The first-order valence-electron chi connectivity index (χ1n) is 6.84. The zero-order chi connectivity index (χ0) is 15.8. The fourth-order valence-electron chi connectivity index (χ4n) is 2.73. The van der Waals surface area contributed by atoms with Crippen molar-refractivity contribution in [3.8, 4) is 0 Å². The van der Waals surface area contributed by atoms with Crippen molar-refractivity contribution in [3.05, 3.63) is 22.1 Å². The summed E-state index contributed by atoms with van der Waals surface area (Å²) < 4.78 is 5.61. The summed E-state index contributed by atoms with van der Waals surface area (Å²) in [7, 11) is 0. The number of aromatic amines is 1. The van der Waals surface area contributed by atoms with Crippen molar-refractivity contribution in [1.82, 2.24) is 15.3 Å². The molecule has 2 heterocycles. The SMILES string of the molecule is CC1C(c2cnc(N)[nH]c2=O)NC(CO)C1OC(C)(C)O. The van der Waals surface area contributed by atoms with Gasteiger partial charge in [0.2, 0.25) is 0 Å². The number of aliphatic hydroxyl groups excluding tert-OH is 1. The maximum atomic E-state index is 12.0. The standard InChI is InChI=1S/C13H22N4O4/c1-6-9(7-4-15-12(14)17-11(7)19)16-8(5-18)10(6)21-13(2,3)20/h4,6,8-10,16,18,20H,5H2,1-3H3,(H3,14,15,17,19). The molecule has 0 radical (unpaired) electrons. The Morgan fingerprint density at radius 2 is 2.19 bits per heavy atom. The summed E-state index contributed by atoms with van der Waals surface area (Å²) in [5, 5.41) is 22.5. The van der Waals surface area contributed by atoms with E-state index in [2.05, 4.69) is 15.3 Å². The average Bonchev–Trinajstić information content (AvgIpc) is 2.65. The van der Waals surface area contributed by atoms with Crippen LogP contribution in [0.3, 0.4) is 0 Å². The number of anilines is 1. The minimum Gasteiger partial charge on any atom is -0.395 e. The number of nitrogens with zero attached hydrogens (tertiary/aromatic N) is 1. The maximum absolute atomic E-state index is 12.0. The molecule has 21 heavy (non-hydrogen) atoms. The van der Waals surface area contributed by atoms with Crippen LogP contribution in [0, 0.1) is 5.92 Å². The van der Waals surface area contributed by atoms with Gasteiger partial charge in [-0.25, -0.2) is 4.98 Å². The van der Waals surface area contributed by atoms with Gasteiger partial charge in [0.15, 0.2) is 11.7 Å². The molecule has 4 atom stereocenters. The van der Waals surface area contributed by atoms with Crippen molar-refractivity contribution in [2.75, 3.05) is 12.3 Å². The molecule has 8 nitrogen and oxygen atoms in total. The van der Waals surface area contributed by atoms with Gasteiger partial charge in [-0.15, -0.1) is 0 Å². The van der Waals surface area contributed by atoms with Crippen LogP contribution >= 0.6 is 0 Å². The van der Waals surface area contributed by atoms with Crippen LogP contribution in [0.25, 0.3) is 0 Å². The number of rotatable bonds is 4. The molecule has 1 fully saturated rings. The van der Waals surface area contributed by atoms with Gasteiger partial charge in [0.1, 0.15) is 0 Å². The lowest BCUT2D eigenvalue weighted by atomic mass is 9.94. The molecule has 0 aromatic carbocycles. The smallest absolute Gasteiger partial charge is 0.257 e. The van der Waals surface area contributed by atoms with Crippen LogP contribution in [0.2, 0.25) is 0 Å². The summed E-state index contributed by atoms with van der Waals surface area (Å²) in [4.78, 5) is 18.3. The van der Waals surface area contributed by atoms with E-state index >= 15 is 0 Å². The molecule has 2 rings (SSSR count). The van der Waals surface area contributed by atoms with Gasteiger partial charge in [-0.1, -0.05) is 6.92 Å². The molecule has 0 amide bonds. The van der Waals surface area contributed by atoms with Gasteiger partial charge in [-0.2, -0.15) is 0 Å². The summed E-state index contributed by atoms with van der Waals surface area (Å²) in [5.41, 5.74) is 5.54. The summed E-state index contributed by atoms with van der Waals surface area (Å²) in [6.45, 7) is 4.78. The van der Waals surface area contributed by atoms with E-state index in [1.807, 2.05) is 6.92 Å². The van der Waals surface area contributed by atoms with E-state index in [0.717, 1.165) is 0 Å². The molecule has 0 spiro atoms. The Labute approximate surface area is 122 Å². The summed E-state index contributed by atoms with van der Waals surface area (Å²) >= 11 is 0. The van der Waals surface area contributed by atoms with Crippen LogP contribution in [0.1, 0.15) is 32.4 Å². The monoisotopic (exact) mass is 298 g/mol. The Balaban J connectivity index is 2.28. The zero-order valence-electron chi connectivity index (χ0n) is 12.3. The Hall–Kier alpha value is -1.48. The lowest BCUT2D eigenvalue weighted by Crippen LogP contribution is -2.42. The van der Waals surface area contributed by atoms with Crippen molar-refractivity contribution >= 4 is 5.95 Å². The molecule has 4 unspecified atom stereocenters. The van der Waals surface area contributed by atoms with E-state index in [-0.39, 0.29) is 36.1 Å². The molecule has 1 aromatic heterocycles. The summed E-state index contributed by atoms with van der Waals surface area (Å²) in [6, 6.07) is -0.722. The highest BCUT2D eigenvalue weighted by Gasteiger charge is 2.44. The van der Waals surface area contributed by atoms with Gasteiger partial charge in [0, 0.05) is 18.2 Å². The number of aliphatic hydroxyl groups is 2. The predicted octanol–water partition coefficient (Wildman–Crippen LogP) is -0.893. The van der Waals surface area contributed by atoms with Crippen LogP contribution in [-0.2, 0) is 4.74 Å². The van der Waals surface area contributed by atoms with Crippen molar-refractivity contribution in [1.29, 1.82) is 0 Å². The summed E-state index contributed by atoms with van der Waals surface area (Å²) in [5.74, 6) is -1.41. The number of H-pyrrole nitrogens is 1. The van der Waals surface area contributed by atoms with Crippen LogP contribution < -0.4 is 16.6 Å². The fraction of sp³-hybridized carbons (Fsp3) is 0.692. The van der Waals surface area contributed by atoms with E-state index in [9.17, 15) is 15.0 Å². The average molecular weight is 298 g/mol. The second-order valence-electron chi connectivity index (χ2n) is 5.87. The third-order valence-corrected chi connectivity index (χ3v) is 3.64. The molecule has 1 aromatic rings. The van der Waals surface area contributed by atoms with Gasteiger partial charge in [0.25, 0.3) is 5.56 Å². The van der Waals surface area contributed by atoms with Gasteiger partial charge < -0.3 is 26.0 Å². The van der Waals surface area contributed by atoms with Crippen molar-refractivity contribution in [2.45, 2.75) is 44.7 Å². The molecule has 0 aliphatic carbocycles. The zero-order valence-corrected chi connectivity index (χ0v) is 12.3. The van der Waals surface area contributed by atoms with Gasteiger partial charge in [0.05, 0.1) is 24.3 Å².